The maximum atomic E-state index is 12.2. The van der Waals surface area contributed by atoms with Crippen molar-refractivity contribution < 1.29 is 13.9 Å². The largest absolute Gasteiger partial charge is 0.452 e. The Morgan fingerprint density at radius 2 is 2.00 bits per heavy atom. The first-order valence-corrected chi connectivity index (χ1v) is 8.37. The molecule has 1 aliphatic carbocycles. The van der Waals surface area contributed by atoms with Crippen molar-refractivity contribution >= 4 is 5.97 Å². The molecule has 0 saturated heterocycles. The molecular weight excluding hydrogens is 316 g/mol. The number of rotatable bonds is 4. The summed E-state index contributed by atoms with van der Waals surface area (Å²) in [6.45, 7) is 1.97. The molecule has 0 radical (unpaired) electrons. The zero-order valence-electron chi connectivity index (χ0n) is 14.0. The SMILES string of the molecule is Cc1cccc(-c2nnc(COC(=O)c3ccc4c(c3)CCC4)o2)c1. The normalized spacial score (nSPS) is 12.8. The van der Waals surface area contributed by atoms with Gasteiger partial charge in [0, 0.05) is 5.56 Å². The second-order valence-electron chi connectivity index (χ2n) is 6.28. The standard InChI is InChI=1S/C20H18N2O3/c1-13-4-2-7-16(10-13)19-22-21-18(25-19)12-24-20(23)17-9-8-14-5-3-6-15(14)11-17/h2,4,7-11H,3,5-6,12H2,1H3. The van der Waals surface area contributed by atoms with E-state index in [1.807, 2.05) is 49.4 Å². The van der Waals surface area contributed by atoms with E-state index in [9.17, 15) is 4.79 Å². The molecule has 0 N–H and O–H groups in total. The number of hydrogen-bond donors (Lipinski definition) is 0. The molecule has 0 unspecified atom stereocenters. The van der Waals surface area contributed by atoms with Gasteiger partial charge in [-0.05, 0) is 61.6 Å². The van der Waals surface area contributed by atoms with Gasteiger partial charge in [0.2, 0.25) is 5.89 Å². The number of carbonyl (C=O) groups excluding carboxylic acids is 1. The zero-order valence-corrected chi connectivity index (χ0v) is 14.0. The van der Waals surface area contributed by atoms with Gasteiger partial charge in [-0.25, -0.2) is 4.79 Å². The Labute approximate surface area is 145 Å². The van der Waals surface area contributed by atoms with Crippen molar-refractivity contribution in [3.8, 4) is 11.5 Å². The molecule has 0 atom stereocenters. The van der Waals surface area contributed by atoms with Crippen molar-refractivity contribution in [1.29, 1.82) is 0 Å². The molecule has 1 aromatic heterocycles. The molecule has 0 saturated carbocycles. The zero-order chi connectivity index (χ0) is 17.2. The monoisotopic (exact) mass is 334 g/mol. The summed E-state index contributed by atoms with van der Waals surface area (Å²) in [7, 11) is 0. The first kappa shape index (κ1) is 15.6. The van der Waals surface area contributed by atoms with Crippen LogP contribution < -0.4 is 0 Å². The summed E-state index contributed by atoms with van der Waals surface area (Å²) in [5.41, 5.74) is 5.10. The van der Waals surface area contributed by atoms with Crippen LogP contribution in [-0.4, -0.2) is 16.2 Å². The van der Waals surface area contributed by atoms with Crippen molar-refractivity contribution in [3.05, 3.63) is 70.6 Å². The van der Waals surface area contributed by atoms with E-state index >= 15 is 0 Å². The molecule has 4 rings (SSSR count). The summed E-state index contributed by atoms with van der Waals surface area (Å²) < 4.78 is 10.9. The van der Waals surface area contributed by atoms with Gasteiger partial charge >= 0.3 is 5.97 Å². The van der Waals surface area contributed by atoms with Crippen molar-refractivity contribution in [3.63, 3.8) is 0 Å². The third kappa shape index (κ3) is 3.31. The maximum absolute atomic E-state index is 12.2. The first-order chi connectivity index (χ1) is 12.2. The van der Waals surface area contributed by atoms with Gasteiger partial charge in [-0.3, -0.25) is 0 Å². The quantitative estimate of drug-likeness (QED) is 0.677. The minimum atomic E-state index is -0.370. The highest BCUT2D eigenvalue weighted by atomic mass is 16.5. The van der Waals surface area contributed by atoms with E-state index in [0.717, 1.165) is 30.4 Å². The van der Waals surface area contributed by atoms with Gasteiger partial charge in [0.15, 0.2) is 6.61 Å². The number of esters is 1. The van der Waals surface area contributed by atoms with Crippen LogP contribution >= 0.6 is 0 Å². The molecule has 1 aliphatic rings. The molecule has 5 heteroatoms. The van der Waals surface area contributed by atoms with Gasteiger partial charge in [0.25, 0.3) is 5.89 Å². The lowest BCUT2D eigenvalue weighted by Crippen LogP contribution is -2.06. The van der Waals surface area contributed by atoms with Crippen molar-refractivity contribution in [2.24, 2.45) is 0 Å². The van der Waals surface area contributed by atoms with E-state index in [0.29, 0.717) is 11.5 Å². The fraction of sp³-hybridized carbons (Fsp3) is 0.250. The van der Waals surface area contributed by atoms with E-state index in [2.05, 4.69) is 10.2 Å². The topological polar surface area (TPSA) is 65.2 Å². The minimum absolute atomic E-state index is 0.0330. The van der Waals surface area contributed by atoms with Crippen LogP contribution in [0.5, 0.6) is 0 Å². The van der Waals surface area contributed by atoms with Crippen molar-refractivity contribution in [1.82, 2.24) is 10.2 Å². The molecule has 126 valence electrons. The van der Waals surface area contributed by atoms with E-state index in [4.69, 9.17) is 9.15 Å². The van der Waals surface area contributed by atoms with E-state index in [1.165, 1.54) is 11.1 Å². The lowest BCUT2D eigenvalue weighted by molar-refractivity contribution is 0.0438. The number of aromatic nitrogens is 2. The molecule has 5 nitrogen and oxygen atoms in total. The number of carbonyl (C=O) groups is 1. The van der Waals surface area contributed by atoms with Gasteiger partial charge in [-0.2, -0.15) is 0 Å². The fourth-order valence-electron chi connectivity index (χ4n) is 3.12. The maximum Gasteiger partial charge on any atom is 0.338 e. The average molecular weight is 334 g/mol. The van der Waals surface area contributed by atoms with Gasteiger partial charge in [-0.1, -0.05) is 23.8 Å². The summed E-state index contributed by atoms with van der Waals surface area (Å²) >= 11 is 0. The number of hydrogen-bond acceptors (Lipinski definition) is 5. The van der Waals surface area contributed by atoms with Crippen LogP contribution in [0.4, 0.5) is 0 Å². The number of ether oxygens (including phenoxy) is 1. The minimum Gasteiger partial charge on any atom is -0.452 e. The average Bonchev–Trinajstić information content (AvgIpc) is 3.28. The molecule has 0 bridgehead atoms. The van der Waals surface area contributed by atoms with Crippen molar-refractivity contribution in [2.45, 2.75) is 32.8 Å². The Morgan fingerprint density at radius 3 is 2.88 bits per heavy atom. The highest BCUT2D eigenvalue weighted by Crippen LogP contribution is 2.23. The molecule has 0 amide bonds. The molecular formula is C20H18N2O3. The smallest absolute Gasteiger partial charge is 0.338 e. The lowest BCUT2D eigenvalue weighted by atomic mass is 10.1. The number of fused-ring (bicyclic) bond motifs is 1. The van der Waals surface area contributed by atoms with E-state index in [-0.39, 0.29) is 18.5 Å². The van der Waals surface area contributed by atoms with Crippen LogP contribution in [0.25, 0.3) is 11.5 Å². The van der Waals surface area contributed by atoms with Crippen LogP contribution in [-0.2, 0) is 24.2 Å². The van der Waals surface area contributed by atoms with Gasteiger partial charge in [-0.15, -0.1) is 10.2 Å². The highest BCUT2D eigenvalue weighted by Gasteiger charge is 2.16. The number of nitrogens with zero attached hydrogens (tertiary/aromatic N) is 2. The fourth-order valence-corrected chi connectivity index (χ4v) is 3.12. The Hall–Kier alpha value is -2.95. The van der Waals surface area contributed by atoms with Gasteiger partial charge in [0.05, 0.1) is 5.56 Å². The van der Waals surface area contributed by atoms with Crippen LogP contribution in [0.15, 0.2) is 46.9 Å². The highest BCUT2D eigenvalue weighted by molar-refractivity contribution is 5.89. The second-order valence-corrected chi connectivity index (χ2v) is 6.28. The third-order valence-electron chi connectivity index (χ3n) is 4.39. The Bertz CT molecular complexity index is 930. The van der Waals surface area contributed by atoms with Crippen LogP contribution in [0.2, 0.25) is 0 Å². The predicted molar refractivity (Wildman–Crippen MR) is 92.1 cm³/mol. The molecule has 0 aliphatic heterocycles. The molecule has 2 aromatic carbocycles. The summed E-state index contributed by atoms with van der Waals surface area (Å²) in [6.07, 6.45) is 3.27. The Kier molecular flexibility index (Phi) is 4.06. The number of benzene rings is 2. The molecule has 3 aromatic rings. The Morgan fingerprint density at radius 1 is 1.12 bits per heavy atom. The molecule has 1 heterocycles. The summed E-state index contributed by atoms with van der Waals surface area (Å²) in [5, 5.41) is 7.97. The van der Waals surface area contributed by atoms with Crippen molar-refractivity contribution in [2.75, 3.05) is 0 Å². The van der Waals surface area contributed by atoms with Gasteiger partial charge in [0.1, 0.15) is 0 Å². The van der Waals surface area contributed by atoms with Crippen LogP contribution in [0.3, 0.4) is 0 Å². The summed E-state index contributed by atoms with van der Waals surface area (Å²) in [5.74, 6) is 0.336. The summed E-state index contributed by atoms with van der Waals surface area (Å²) in [6, 6.07) is 13.6. The number of aryl methyl sites for hydroxylation is 3. The van der Waals surface area contributed by atoms with Crippen LogP contribution in [0.1, 0.15) is 39.4 Å². The molecule has 25 heavy (non-hydrogen) atoms. The Balaban J connectivity index is 1.42. The molecule has 0 fully saturated rings. The van der Waals surface area contributed by atoms with E-state index < -0.39 is 0 Å². The first-order valence-electron chi connectivity index (χ1n) is 8.37. The lowest BCUT2D eigenvalue weighted by Gasteiger charge is -2.04. The van der Waals surface area contributed by atoms with Crippen LogP contribution in [0, 0.1) is 6.92 Å². The van der Waals surface area contributed by atoms with Gasteiger partial charge < -0.3 is 9.15 Å². The summed E-state index contributed by atoms with van der Waals surface area (Å²) in [4.78, 5) is 12.2. The third-order valence-corrected chi connectivity index (χ3v) is 4.39. The second kappa shape index (κ2) is 6.51. The molecule has 0 spiro atoms. The predicted octanol–water partition coefficient (Wildman–Crippen LogP) is 3.89. The van der Waals surface area contributed by atoms with E-state index in [1.54, 1.807) is 0 Å².